The minimum absolute atomic E-state index is 0.0420. The van der Waals surface area contributed by atoms with Crippen molar-refractivity contribution in [2.75, 3.05) is 13.2 Å². The molecule has 2 aromatic rings. The standard InChI is InChI=1S/C26H34N2O4/c1-5-21(25(30)27-26(2,3)4)28(18-20-9-7-6-8-10-20)24(29)14-12-19-11-13-22-23(17-19)32-16-15-31-22/h6-11,13,17,21H,5,12,14-16,18H2,1-4H3,(H,27,30)/t21-/m0/s1. The lowest BCUT2D eigenvalue weighted by molar-refractivity contribution is -0.142. The van der Waals surface area contributed by atoms with Crippen molar-refractivity contribution in [3.63, 3.8) is 0 Å². The van der Waals surface area contributed by atoms with Gasteiger partial charge in [-0.15, -0.1) is 0 Å². The highest BCUT2D eigenvalue weighted by Gasteiger charge is 2.30. The minimum atomic E-state index is -0.526. The molecule has 2 aromatic carbocycles. The van der Waals surface area contributed by atoms with Crippen molar-refractivity contribution >= 4 is 11.8 Å². The summed E-state index contributed by atoms with van der Waals surface area (Å²) in [5.41, 5.74) is 1.65. The van der Waals surface area contributed by atoms with E-state index in [0.29, 0.717) is 39.0 Å². The molecule has 6 nitrogen and oxygen atoms in total. The number of amides is 2. The van der Waals surface area contributed by atoms with Gasteiger partial charge in [0.15, 0.2) is 11.5 Å². The van der Waals surface area contributed by atoms with Crippen molar-refractivity contribution in [3.8, 4) is 11.5 Å². The Bertz CT molecular complexity index is 921. The van der Waals surface area contributed by atoms with Gasteiger partial charge in [-0.3, -0.25) is 9.59 Å². The Hall–Kier alpha value is -3.02. The molecule has 0 bridgehead atoms. The van der Waals surface area contributed by atoms with Crippen LogP contribution in [0.25, 0.3) is 0 Å². The van der Waals surface area contributed by atoms with Crippen LogP contribution >= 0.6 is 0 Å². The molecule has 1 aliphatic rings. The molecule has 0 saturated heterocycles. The van der Waals surface area contributed by atoms with Crippen molar-refractivity contribution in [2.45, 2.75) is 65.1 Å². The molecule has 3 rings (SSSR count). The number of carbonyl (C=O) groups excluding carboxylic acids is 2. The Morgan fingerprint density at radius 2 is 1.69 bits per heavy atom. The van der Waals surface area contributed by atoms with Crippen LogP contribution in [0.1, 0.15) is 51.7 Å². The second-order valence-corrected chi connectivity index (χ2v) is 9.15. The zero-order chi connectivity index (χ0) is 23.1. The highest BCUT2D eigenvalue weighted by Crippen LogP contribution is 2.31. The number of aryl methyl sites for hydroxylation is 1. The molecule has 0 unspecified atom stereocenters. The summed E-state index contributed by atoms with van der Waals surface area (Å²) in [6.07, 6.45) is 1.42. The highest BCUT2D eigenvalue weighted by atomic mass is 16.6. The van der Waals surface area contributed by atoms with Crippen LogP contribution in [0.2, 0.25) is 0 Å². The molecule has 6 heteroatoms. The second-order valence-electron chi connectivity index (χ2n) is 9.15. The lowest BCUT2D eigenvalue weighted by atomic mass is 10.0. The average Bonchev–Trinajstić information content (AvgIpc) is 2.76. The maximum Gasteiger partial charge on any atom is 0.243 e. The number of hydrogen-bond acceptors (Lipinski definition) is 4. The summed E-state index contributed by atoms with van der Waals surface area (Å²) in [4.78, 5) is 28.1. The number of rotatable bonds is 8. The summed E-state index contributed by atoms with van der Waals surface area (Å²) >= 11 is 0. The molecule has 1 aliphatic heterocycles. The van der Waals surface area contributed by atoms with Gasteiger partial charge in [0, 0.05) is 18.5 Å². The van der Waals surface area contributed by atoms with E-state index in [0.717, 1.165) is 22.6 Å². The van der Waals surface area contributed by atoms with Crippen molar-refractivity contribution in [3.05, 3.63) is 59.7 Å². The van der Waals surface area contributed by atoms with Crippen LogP contribution in [0.5, 0.6) is 11.5 Å². The first-order valence-electron chi connectivity index (χ1n) is 11.3. The third kappa shape index (κ3) is 6.49. The van der Waals surface area contributed by atoms with Gasteiger partial charge in [-0.1, -0.05) is 43.3 Å². The van der Waals surface area contributed by atoms with E-state index in [1.165, 1.54) is 0 Å². The topological polar surface area (TPSA) is 67.9 Å². The van der Waals surface area contributed by atoms with E-state index in [2.05, 4.69) is 5.32 Å². The van der Waals surface area contributed by atoms with Gasteiger partial charge in [0.05, 0.1) is 0 Å². The molecular weight excluding hydrogens is 404 g/mol. The Labute approximate surface area is 190 Å². The van der Waals surface area contributed by atoms with Gasteiger partial charge >= 0.3 is 0 Å². The molecule has 172 valence electrons. The summed E-state index contributed by atoms with van der Waals surface area (Å²) in [7, 11) is 0. The van der Waals surface area contributed by atoms with E-state index < -0.39 is 6.04 Å². The zero-order valence-corrected chi connectivity index (χ0v) is 19.5. The van der Waals surface area contributed by atoms with E-state index in [1.807, 2.05) is 76.2 Å². The normalized spacial score (nSPS) is 13.9. The summed E-state index contributed by atoms with van der Waals surface area (Å²) in [5, 5.41) is 3.04. The number of carbonyl (C=O) groups is 2. The second kappa shape index (κ2) is 10.5. The van der Waals surface area contributed by atoms with Crippen LogP contribution in [0.15, 0.2) is 48.5 Å². The van der Waals surface area contributed by atoms with Crippen molar-refractivity contribution in [2.24, 2.45) is 0 Å². The molecule has 1 N–H and O–H groups in total. The molecule has 32 heavy (non-hydrogen) atoms. The fraction of sp³-hybridized carbons (Fsp3) is 0.462. The number of fused-ring (bicyclic) bond motifs is 1. The predicted molar refractivity (Wildman–Crippen MR) is 125 cm³/mol. The summed E-state index contributed by atoms with van der Waals surface area (Å²) in [6, 6.07) is 15.1. The summed E-state index contributed by atoms with van der Waals surface area (Å²) in [6.45, 7) is 9.26. The molecule has 0 spiro atoms. The Kier molecular flexibility index (Phi) is 7.78. The molecular formula is C26H34N2O4. The Morgan fingerprint density at radius 3 is 2.34 bits per heavy atom. The molecule has 1 atom stereocenters. The first kappa shape index (κ1) is 23.6. The van der Waals surface area contributed by atoms with Crippen molar-refractivity contribution < 1.29 is 19.1 Å². The largest absolute Gasteiger partial charge is 0.486 e. The van der Waals surface area contributed by atoms with E-state index >= 15 is 0 Å². The third-order valence-electron chi connectivity index (χ3n) is 5.31. The van der Waals surface area contributed by atoms with Crippen LogP contribution in [-0.2, 0) is 22.6 Å². The Balaban J connectivity index is 1.75. The van der Waals surface area contributed by atoms with Crippen LogP contribution in [-0.4, -0.2) is 41.5 Å². The monoisotopic (exact) mass is 438 g/mol. The zero-order valence-electron chi connectivity index (χ0n) is 19.5. The number of nitrogens with zero attached hydrogens (tertiary/aromatic N) is 1. The van der Waals surface area contributed by atoms with E-state index in [-0.39, 0.29) is 17.4 Å². The minimum Gasteiger partial charge on any atom is -0.486 e. The van der Waals surface area contributed by atoms with Crippen LogP contribution in [0.4, 0.5) is 0 Å². The fourth-order valence-electron chi connectivity index (χ4n) is 3.79. The molecule has 0 fully saturated rings. The SMILES string of the molecule is CC[C@@H](C(=O)NC(C)(C)C)N(Cc1ccccc1)C(=O)CCc1ccc2c(c1)OCCO2. The van der Waals surface area contributed by atoms with Gasteiger partial charge in [-0.25, -0.2) is 0 Å². The Morgan fingerprint density at radius 1 is 1.00 bits per heavy atom. The van der Waals surface area contributed by atoms with Crippen LogP contribution in [0.3, 0.4) is 0 Å². The van der Waals surface area contributed by atoms with Gasteiger partial charge in [0.1, 0.15) is 19.3 Å². The molecule has 0 saturated carbocycles. The third-order valence-corrected chi connectivity index (χ3v) is 5.31. The number of hydrogen-bond donors (Lipinski definition) is 1. The summed E-state index contributed by atoms with van der Waals surface area (Å²) < 4.78 is 11.2. The van der Waals surface area contributed by atoms with Crippen molar-refractivity contribution in [1.82, 2.24) is 10.2 Å². The lowest BCUT2D eigenvalue weighted by Crippen LogP contribution is -2.53. The quantitative estimate of drug-likeness (QED) is 0.673. The predicted octanol–water partition coefficient (Wildman–Crippen LogP) is 4.11. The molecule has 0 radical (unpaired) electrons. The van der Waals surface area contributed by atoms with E-state index in [4.69, 9.17) is 9.47 Å². The molecule has 0 aliphatic carbocycles. The van der Waals surface area contributed by atoms with E-state index in [9.17, 15) is 9.59 Å². The number of ether oxygens (including phenoxy) is 2. The van der Waals surface area contributed by atoms with Crippen LogP contribution < -0.4 is 14.8 Å². The number of nitrogens with one attached hydrogen (secondary N) is 1. The van der Waals surface area contributed by atoms with E-state index in [1.54, 1.807) is 4.90 Å². The maximum atomic E-state index is 13.4. The molecule has 1 heterocycles. The first-order chi connectivity index (χ1) is 15.3. The van der Waals surface area contributed by atoms with Gasteiger partial charge in [-0.2, -0.15) is 0 Å². The molecule has 2 amide bonds. The lowest BCUT2D eigenvalue weighted by Gasteiger charge is -2.33. The summed E-state index contributed by atoms with van der Waals surface area (Å²) in [5.74, 6) is 1.29. The average molecular weight is 439 g/mol. The van der Waals surface area contributed by atoms with Gasteiger partial charge in [-0.05, 0) is 56.9 Å². The highest BCUT2D eigenvalue weighted by molar-refractivity contribution is 5.88. The maximum absolute atomic E-state index is 13.4. The van der Waals surface area contributed by atoms with Gasteiger partial charge in [0.25, 0.3) is 0 Å². The first-order valence-corrected chi connectivity index (χ1v) is 11.3. The smallest absolute Gasteiger partial charge is 0.243 e. The number of benzene rings is 2. The fourth-order valence-corrected chi connectivity index (χ4v) is 3.79. The van der Waals surface area contributed by atoms with Crippen LogP contribution in [0, 0.1) is 0 Å². The van der Waals surface area contributed by atoms with Crippen molar-refractivity contribution in [1.29, 1.82) is 0 Å². The van der Waals surface area contributed by atoms with Gasteiger partial charge in [0.2, 0.25) is 11.8 Å². The van der Waals surface area contributed by atoms with Gasteiger partial charge < -0.3 is 19.7 Å². The molecule has 0 aromatic heterocycles.